The van der Waals surface area contributed by atoms with E-state index in [0.29, 0.717) is 0 Å². The first-order valence-corrected chi connectivity index (χ1v) is 0. The first kappa shape index (κ1) is 72.9. The Kier molecular flexibility index (Phi) is 591. The molecule has 6 heteroatoms. The first-order chi connectivity index (χ1) is 0. The molecule has 0 saturated heterocycles. The third kappa shape index (κ3) is 30.5. The molecule has 0 N–H and O–H groups in total. The van der Waals surface area contributed by atoms with Gasteiger partial charge in [0.25, 0.3) is 0 Å². The van der Waals surface area contributed by atoms with E-state index in [-0.39, 0.29) is 94.0 Å². The number of hydrogen-bond acceptors (Lipinski definition) is 0. The standard InChI is InChI=1S/4ClH.Pd.Sn/h4*1H;;/q;;;;2*+2/p-4. The maximum Gasteiger partial charge on any atom is 2.00 e. The number of rotatable bonds is 0. The predicted molar refractivity (Wildman–Crippen MR) is 5.75 cm³/mol. The molecule has 0 aromatic heterocycles. The van der Waals surface area contributed by atoms with E-state index in [0.717, 1.165) is 0 Å². The van der Waals surface area contributed by atoms with Gasteiger partial charge in [0.15, 0.2) is 0 Å². The fourth-order valence-electron chi connectivity index (χ4n) is 0. The first-order valence-electron chi connectivity index (χ1n) is 0. The van der Waals surface area contributed by atoms with Gasteiger partial charge < -0.3 is 49.6 Å². The maximum atomic E-state index is 0. The van der Waals surface area contributed by atoms with Gasteiger partial charge in [0.05, 0.1) is 0 Å². The monoisotopic (exact) mass is 366 g/mol. The molecule has 0 atom stereocenters. The second-order valence-electron chi connectivity index (χ2n) is 0. The van der Waals surface area contributed by atoms with Crippen LogP contribution < -0.4 is 49.6 Å². The van der Waals surface area contributed by atoms with E-state index in [1.807, 2.05) is 0 Å². The van der Waals surface area contributed by atoms with Crippen LogP contribution in [0.25, 0.3) is 0 Å². The van der Waals surface area contributed by atoms with Gasteiger partial charge in [0.1, 0.15) is 0 Å². The fraction of sp³-hybridized carbons (Fsp3) is 0. The summed E-state index contributed by atoms with van der Waals surface area (Å²) in [6, 6.07) is 0. The second kappa shape index (κ2) is 48.6. The summed E-state index contributed by atoms with van der Waals surface area (Å²) in [4.78, 5) is 0. The van der Waals surface area contributed by atoms with Gasteiger partial charge in [-0.1, -0.05) is 0 Å². The van der Waals surface area contributed by atoms with E-state index >= 15 is 0 Å². The summed E-state index contributed by atoms with van der Waals surface area (Å²) in [5.74, 6) is 0. The van der Waals surface area contributed by atoms with Crippen LogP contribution in [-0.2, 0) is 20.4 Å². The number of hydrogen-bond donors (Lipinski definition) is 0. The van der Waals surface area contributed by atoms with Crippen LogP contribution in [0.1, 0.15) is 0 Å². The van der Waals surface area contributed by atoms with Crippen molar-refractivity contribution in [2.24, 2.45) is 0 Å². The van der Waals surface area contributed by atoms with Crippen molar-refractivity contribution in [1.82, 2.24) is 0 Å². The molecule has 6 heavy (non-hydrogen) atoms. The number of halogens is 4. The van der Waals surface area contributed by atoms with Crippen LogP contribution in [0.2, 0.25) is 0 Å². The Labute approximate surface area is 92.8 Å². The van der Waals surface area contributed by atoms with Crippen LogP contribution in [0, 0.1) is 0 Å². The van der Waals surface area contributed by atoms with Crippen LogP contribution in [0.5, 0.6) is 0 Å². The van der Waals surface area contributed by atoms with Gasteiger partial charge in [-0.25, -0.2) is 0 Å². The molecule has 0 nitrogen and oxygen atoms in total. The molecular weight excluding hydrogens is 367 g/mol. The van der Waals surface area contributed by atoms with Gasteiger partial charge in [-0.2, -0.15) is 0 Å². The van der Waals surface area contributed by atoms with E-state index in [2.05, 4.69) is 0 Å². The molecule has 0 unspecified atom stereocenters. The van der Waals surface area contributed by atoms with Gasteiger partial charge in [0, 0.05) is 0 Å². The van der Waals surface area contributed by atoms with Crippen molar-refractivity contribution < 1.29 is 70.1 Å². The van der Waals surface area contributed by atoms with Crippen LogP contribution >= 0.6 is 0 Å². The van der Waals surface area contributed by atoms with Crippen LogP contribution in [0.4, 0.5) is 0 Å². The van der Waals surface area contributed by atoms with Gasteiger partial charge in [-0.05, 0) is 0 Å². The Hall–Kier alpha value is 2.62. The third-order valence-electron chi connectivity index (χ3n) is 0. The summed E-state index contributed by atoms with van der Waals surface area (Å²) in [5.41, 5.74) is 0. The van der Waals surface area contributed by atoms with Gasteiger partial charge in [-0.3, -0.25) is 0 Å². The van der Waals surface area contributed by atoms with Crippen molar-refractivity contribution in [3.8, 4) is 0 Å². The molecule has 0 rings (SSSR count). The summed E-state index contributed by atoms with van der Waals surface area (Å²) >= 11 is 0. The summed E-state index contributed by atoms with van der Waals surface area (Å²) in [6.07, 6.45) is 0. The molecule has 0 bridgehead atoms. The molecule has 0 aliphatic rings. The quantitative estimate of drug-likeness (QED) is 0.374. The molecule has 0 heterocycles. The molecule has 0 aliphatic heterocycles. The average molecular weight is 367 g/mol. The Morgan fingerprint density at radius 1 is 0.500 bits per heavy atom. The molecule has 0 aromatic rings. The predicted octanol–water partition coefficient (Wildman–Crippen LogP) is -12.4. The van der Waals surface area contributed by atoms with Gasteiger partial charge >= 0.3 is 44.3 Å². The Morgan fingerprint density at radius 2 is 0.500 bits per heavy atom. The minimum atomic E-state index is 0. The van der Waals surface area contributed by atoms with Crippen LogP contribution in [0.15, 0.2) is 0 Å². The molecule has 2 radical (unpaired) electrons. The van der Waals surface area contributed by atoms with E-state index in [9.17, 15) is 0 Å². The van der Waals surface area contributed by atoms with Crippen molar-refractivity contribution in [2.75, 3.05) is 0 Å². The fourth-order valence-corrected chi connectivity index (χ4v) is 0. The molecule has 0 aliphatic carbocycles. The zero-order chi connectivity index (χ0) is 0. The van der Waals surface area contributed by atoms with E-state index in [4.69, 9.17) is 0 Å². The molecular formula is Cl4PdSn. The summed E-state index contributed by atoms with van der Waals surface area (Å²) in [5, 5.41) is 0. The summed E-state index contributed by atoms with van der Waals surface area (Å²) in [7, 11) is 0. The Morgan fingerprint density at radius 3 is 0.500 bits per heavy atom. The SMILES string of the molecule is [Cl-].[Cl-].[Cl-].[Cl-].[Pd+2].[Sn+2]. The smallest absolute Gasteiger partial charge is 1.00 e. The van der Waals surface area contributed by atoms with Crippen molar-refractivity contribution in [3.05, 3.63) is 0 Å². The minimum Gasteiger partial charge on any atom is -1.00 e. The Bertz CT molecular complexity index is 7.51. The molecule has 42 valence electrons. The van der Waals surface area contributed by atoms with E-state index < -0.39 is 0 Å². The van der Waals surface area contributed by atoms with Crippen molar-refractivity contribution in [1.29, 1.82) is 0 Å². The van der Waals surface area contributed by atoms with E-state index in [1.54, 1.807) is 0 Å². The zero-order valence-electron chi connectivity index (χ0n) is 2.33. The molecule has 0 saturated carbocycles. The topological polar surface area (TPSA) is 0 Å². The normalized spacial score (nSPS) is 0. The molecule has 0 fully saturated rings. The zero-order valence-corrected chi connectivity index (χ0v) is 9.76. The van der Waals surface area contributed by atoms with Gasteiger partial charge in [-0.15, -0.1) is 0 Å². The van der Waals surface area contributed by atoms with Crippen molar-refractivity contribution >= 4 is 23.9 Å². The van der Waals surface area contributed by atoms with Gasteiger partial charge in [0.2, 0.25) is 0 Å². The van der Waals surface area contributed by atoms with Crippen LogP contribution in [0.3, 0.4) is 0 Å². The van der Waals surface area contributed by atoms with Crippen molar-refractivity contribution in [2.45, 2.75) is 0 Å². The molecule has 0 aromatic carbocycles. The Balaban J connectivity index is 0. The summed E-state index contributed by atoms with van der Waals surface area (Å²) in [6.45, 7) is 0. The van der Waals surface area contributed by atoms with Crippen LogP contribution in [-0.4, -0.2) is 23.9 Å². The molecule has 0 amide bonds. The van der Waals surface area contributed by atoms with Crippen molar-refractivity contribution in [3.63, 3.8) is 0 Å². The third-order valence-corrected chi connectivity index (χ3v) is 0. The maximum absolute atomic E-state index is 0. The minimum absolute atomic E-state index is 0. The molecule has 0 spiro atoms. The van der Waals surface area contributed by atoms with E-state index in [1.165, 1.54) is 0 Å². The average Bonchev–Trinajstić information content (AvgIpc) is 0. The second-order valence-corrected chi connectivity index (χ2v) is 0. The summed E-state index contributed by atoms with van der Waals surface area (Å²) < 4.78 is 0. The largest absolute Gasteiger partial charge is 2.00 e.